The lowest BCUT2D eigenvalue weighted by Crippen LogP contribution is -2.40. The van der Waals surface area contributed by atoms with Gasteiger partial charge in [0.05, 0.1) is 4.90 Å². The van der Waals surface area contributed by atoms with Gasteiger partial charge in [0.15, 0.2) is 0 Å². The maximum Gasteiger partial charge on any atom is 0.243 e. The van der Waals surface area contributed by atoms with Crippen molar-refractivity contribution < 1.29 is 8.42 Å². The number of nitrogens with one attached hydrogen (secondary N) is 1. The average molecular weight is 308 g/mol. The maximum absolute atomic E-state index is 12.6. The highest BCUT2D eigenvalue weighted by Crippen LogP contribution is 2.25. The molecule has 1 saturated carbocycles. The summed E-state index contributed by atoms with van der Waals surface area (Å²) in [6, 6.07) is 7.88. The van der Waals surface area contributed by atoms with Crippen molar-refractivity contribution in [1.29, 1.82) is 0 Å². The fourth-order valence-corrected chi connectivity index (χ4v) is 4.30. The Morgan fingerprint density at radius 3 is 2.29 bits per heavy atom. The third-order valence-corrected chi connectivity index (χ3v) is 6.42. The number of hydrogen-bond acceptors (Lipinski definition) is 3. The first kappa shape index (κ1) is 15.0. The summed E-state index contributed by atoms with van der Waals surface area (Å²) in [7, 11) is -3.31. The number of benzene rings is 1. The van der Waals surface area contributed by atoms with E-state index in [2.05, 4.69) is 5.32 Å². The van der Waals surface area contributed by atoms with Gasteiger partial charge in [0.2, 0.25) is 10.0 Å². The van der Waals surface area contributed by atoms with Crippen LogP contribution in [0.1, 0.15) is 31.2 Å². The summed E-state index contributed by atoms with van der Waals surface area (Å²) in [4.78, 5) is 0.419. The van der Waals surface area contributed by atoms with E-state index in [1.54, 1.807) is 16.4 Å². The molecule has 1 aliphatic heterocycles. The predicted molar refractivity (Wildman–Crippen MR) is 83.7 cm³/mol. The fraction of sp³-hybridized carbons (Fsp3) is 0.625. The van der Waals surface area contributed by atoms with Gasteiger partial charge in [-0.15, -0.1) is 0 Å². The van der Waals surface area contributed by atoms with Crippen LogP contribution < -0.4 is 5.32 Å². The van der Waals surface area contributed by atoms with E-state index in [4.69, 9.17) is 0 Å². The molecule has 4 nitrogen and oxygen atoms in total. The minimum Gasteiger partial charge on any atom is -0.314 e. The predicted octanol–water partition coefficient (Wildman–Crippen LogP) is 2.15. The first-order chi connectivity index (χ1) is 10.1. The average Bonchev–Trinajstić information content (AvgIpc) is 3.30. The zero-order valence-electron chi connectivity index (χ0n) is 12.6. The molecule has 0 atom stereocenters. The van der Waals surface area contributed by atoms with Gasteiger partial charge in [0.25, 0.3) is 0 Å². The lowest BCUT2D eigenvalue weighted by molar-refractivity contribution is 0.267. The van der Waals surface area contributed by atoms with Crippen molar-refractivity contribution in [2.24, 2.45) is 5.92 Å². The highest BCUT2D eigenvalue weighted by molar-refractivity contribution is 7.89. The SMILES string of the molecule is Cc1ccc(S(=O)(=O)N2CCC(CNC3CC3)CC2)cc1. The number of piperidine rings is 1. The normalized spacial score (nSPS) is 21.6. The van der Waals surface area contributed by atoms with E-state index in [0.717, 1.165) is 31.0 Å². The van der Waals surface area contributed by atoms with Crippen LogP contribution >= 0.6 is 0 Å². The minimum absolute atomic E-state index is 0.419. The molecule has 1 N–H and O–H groups in total. The van der Waals surface area contributed by atoms with Gasteiger partial charge in [-0.3, -0.25) is 0 Å². The zero-order chi connectivity index (χ0) is 14.9. The highest BCUT2D eigenvalue weighted by Gasteiger charge is 2.30. The molecule has 2 fully saturated rings. The van der Waals surface area contributed by atoms with Crippen LogP contribution in [0, 0.1) is 12.8 Å². The molecule has 1 aromatic rings. The highest BCUT2D eigenvalue weighted by atomic mass is 32.2. The monoisotopic (exact) mass is 308 g/mol. The van der Waals surface area contributed by atoms with Gasteiger partial charge in [0.1, 0.15) is 0 Å². The molecular weight excluding hydrogens is 284 g/mol. The molecule has 0 unspecified atom stereocenters. The first-order valence-corrected chi connectivity index (χ1v) is 9.30. The van der Waals surface area contributed by atoms with Crippen LogP contribution in [-0.4, -0.2) is 38.4 Å². The first-order valence-electron chi connectivity index (χ1n) is 7.86. The van der Waals surface area contributed by atoms with Crippen molar-refractivity contribution in [1.82, 2.24) is 9.62 Å². The van der Waals surface area contributed by atoms with Gasteiger partial charge in [-0.1, -0.05) is 17.7 Å². The van der Waals surface area contributed by atoms with Gasteiger partial charge < -0.3 is 5.32 Å². The number of aryl methyl sites for hydroxylation is 1. The molecule has 1 aromatic carbocycles. The molecule has 116 valence electrons. The molecule has 5 heteroatoms. The Morgan fingerprint density at radius 1 is 1.10 bits per heavy atom. The van der Waals surface area contributed by atoms with Gasteiger partial charge >= 0.3 is 0 Å². The van der Waals surface area contributed by atoms with Crippen molar-refractivity contribution in [3.05, 3.63) is 29.8 Å². The van der Waals surface area contributed by atoms with E-state index in [1.807, 2.05) is 19.1 Å². The Labute approximate surface area is 127 Å². The van der Waals surface area contributed by atoms with Gasteiger partial charge in [-0.25, -0.2) is 8.42 Å². The van der Waals surface area contributed by atoms with Crippen LogP contribution in [0.25, 0.3) is 0 Å². The molecule has 2 aliphatic rings. The van der Waals surface area contributed by atoms with Crippen molar-refractivity contribution in [3.63, 3.8) is 0 Å². The van der Waals surface area contributed by atoms with E-state index in [0.29, 0.717) is 23.9 Å². The van der Waals surface area contributed by atoms with Crippen LogP contribution in [-0.2, 0) is 10.0 Å². The summed E-state index contributed by atoms with van der Waals surface area (Å²) in [5.74, 6) is 0.620. The second-order valence-corrected chi connectivity index (χ2v) is 8.28. The molecule has 0 aromatic heterocycles. The van der Waals surface area contributed by atoms with Crippen LogP contribution in [0.3, 0.4) is 0 Å². The van der Waals surface area contributed by atoms with Gasteiger partial charge in [0, 0.05) is 19.1 Å². The summed E-state index contributed by atoms with van der Waals surface area (Å²) in [6.45, 7) is 4.30. The van der Waals surface area contributed by atoms with E-state index in [-0.39, 0.29) is 0 Å². The summed E-state index contributed by atoms with van der Waals surface area (Å²) in [5, 5.41) is 3.55. The summed E-state index contributed by atoms with van der Waals surface area (Å²) in [5.41, 5.74) is 1.08. The largest absolute Gasteiger partial charge is 0.314 e. The zero-order valence-corrected chi connectivity index (χ0v) is 13.4. The third-order valence-electron chi connectivity index (χ3n) is 4.50. The Bertz CT molecular complexity index is 571. The summed E-state index contributed by atoms with van der Waals surface area (Å²) < 4.78 is 26.8. The Kier molecular flexibility index (Phi) is 4.33. The third kappa shape index (κ3) is 3.65. The van der Waals surface area contributed by atoms with Crippen molar-refractivity contribution in [2.75, 3.05) is 19.6 Å². The standard InChI is InChI=1S/C16H24N2O2S/c1-13-2-6-16(7-3-13)21(19,20)18-10-8-14(9-11-18)12-17-15-4-5-15/h2-3,6-7,14-15,17H,4-5,8-12H2,1H3. The van der Waals surface area contributed by atoms with E-state index in [9.17, 15) is 8.42 Å². The summed E-state index contributed by atoms with van der Waals surface area (Å²) >= 11 is 0. The summed E-state index contributed by atoms with van der Waals surface area (Å²) in [6.07, 6.45) is 4.54. The van der Waals surface area contributed by atoms with Gasteiger partial charge in [-0.2, -0.15) is 4.31 Å². The van der Waals surface area contributed by atoms with Crippen LogP contribution in [0.15, 0.2) is 29.2 Å². The maximum atomic E-state index is 12.6. The van der Waals surface area contributed by atoms with Crippen molar-refractivity contribution in [3.8, 4) is 0 Å². The van der Waals surface area contributed by atoms with Gasteiger partial charge in [-0.05, 0) is 57.2 Å². The second kappa shape index (κ2) is 6.07. The van der Waals surface area contributed by atoms with Crippen LogP contribution in [0.2, 0.25) is 0 Å². The lowest BCUT2D eigenvalue weighted by Gasteiger charge is -2.31. The quantitative estimate of drug-likeness (QED) is 0.907. The van der Waals surface area contributed by atoms with E-state index in [1.165, 1.54) is 12.8 Å². The second-order valence-electron chi connectivity index (χ2n) is 6.34. The van der Waals surface area contributed by atoms with Crippen molar-refractivity contribution in [2.45, 2.75) is 43.5 Å². The number of nitrogens with zero attached hydrogens (tertiary/aromatic N) is 1. The number of sulfonamides is 1. The fourth-order valence-electron chi connectivity index (χ4n) is 2.83. The molecule has 21 heavy (non-hydrogen) atoms. The minimum atomic E-state index is -3.31. The topological polar surface area (TPSA) is 49.4 Å². The Balaban J connectivity index is 1.58. The van der Waals surface area contributed by atoms with E-state index >= 15 is 0 Å². The van der Waals surface area contributed by atoms with Crippen molar-refractivity contribution >= 4 is 10.0 Å². The molecule has 1 aliphatic carbocycles. The smallest absolute Gasteiger partial charge is 0.243 e. The lowest BCUT2D eigenvalue weighted by atomic mass is 9.98. The molecule has 0 bridgehead atoms. The molecule has 3 rings (SSSR count). The molecule has 1 heterocycles. The molecule has 0 amide bonds. The number of rotatable bonds is 5. The van der Waals surface area contributed by atoms with E-state index < -0.39 is 10.0 Å². The molecule has 0 spiro atoms. The van der Waals surface area contributed by atoms with Crippen LogP contribution in [0.5, 0.6) is 0 Å². The molecule has 0 radical (unpaired) electrons. The molecule has 1 saturated heterocycles. The van der Waals surface area contributed by atoms with Crippen LogP contribution in [0.4, 0.5) is 0 Å². The Morgan fingerprint density at radius 2 is 1.71 bits per heavy atom. The molecular formula is C16H24N2O2S. The number of hydrogen-bond donors (Lipinski definition) is 1. The Hall–Kier alpha value is -0.910.